The highest BCUT2D eigenvalue weighted by molar-refractivity contribution is 9.10. The van der Waals surface area contributed by atoms with Gasteiger partial charge in [-0.15, -0.1) is 0 Å². The maximum atomic E-state index is 11.3. The lowest BCUT2D eigenvalue weighted by Crippen LogP contribution is -2.26. The first-order chi connectivity index (χ1) is 8.74. The van der Waals surface area contributed by atoms with Crippen molar-refractivity contribution >= 4 is 21.9 Å². The number of benzene rings is 1. The number of halogens is 1. The minimum atomic E-state index is -0.880. The van der Waals surface area contributed by atoms with Crippen molar-refractivity contribution in [3.63, 3.8) is 0 Å². The smallest absolute Gasteiger partial charge is 0.309 e. The first-order valence-electron chi connectivity index (χ1n) is 5.88. The summed E-state index contributed by atoms with van der Waals surface area (Å²) in [5.74, 6) is 0.343. The molecular weight excluding hydrogens is 312 g/mol. The van der Waals surface area contributed by atoms with Crippen LogP contribution in [0.25, 0.3) is 0 Å². The molecule has 1 aromatic rings. The van der Waals surface area contributed by atoms with Gasteiger partial charge in [0.05, 0.1) is 19.6 Å². The summed E-state index contributed by atoms with van der Waals surface area (Å²) in [6, 6.07) is 1.86. The van der Waals surface area contributed by atoms with Gasteiger partial charge in [0.2, 0.25) is 0 Å². The average Bonchev–Trinajstić information content (AvgIpc) is 2.34. The number of carboxylic acid groups (broad SMARTS) is 1. The molecule has 0 aliphatic rings. The molecule has 0 atom stereocenters. The van der Waals surface area contributed by atoms with Gasteiger partial charge in [0.25, 0.3) is 0 Å². The van der Waals surface area contributed by atoms with E-state index in [4.69, 9.17) is 9.47 Å². The largest absolute Gasteiger partial charge is 0.493 e. The van der Waals surface area contributed by atoms with E-state index in [0.29, 0.717) is 17.9 Å². The molecule has 5 heteroatoms. The summed E-state index contributed by atoms with van der Waals surface area (Å²) in [5, 5.41) is 9.27. The third-order valence-electron chi connectivity index (χ3n) is 3.08. The van der Waals surface area contributed by atoms with Crippen LogP contribution in [0, 0.1) is 12.3 Å². The van der Waals surface area contributed by atoms with Gasteiger partial charge in [0, 0.05) is 10.0 Å². The Hall–Kier alpha value is -1.23. The molecular formula is C14H19BrO4. The molecule has 0 radical (unpaired) electrons. The van der Waals surface area contributed by atoms with Crippen molar-refractivity contribution < 1.29 is 19.4 Å². The summed E-state index contributed by atoms with van der Waals surface area (Å²) in [4.78, 5) is 11.3. The number of carboxylic acids is 1. The molecule has 106 valence electrons. The fourth-order valence-corrected chi connectivity index (χ4v) is 2.30. The van der Waals surface area contributed by atoms with Crippen LogP contribution in [0.3, 0.4) is 0 Å². The Bertz CT molecular complexity index is 495. The predicted octanol–water partition coefficient (Wildman–Crippen LogP) is 3.43. The number of rotatable bonds is 5. The Morgan fingerprint density at radius 2 is 1.95 bits per heavy atom. The fourth-order valence-electron chi connectivity index (χ4n) is 1.86. The van der Waals surface area contributed by atoms with Gasteiger partial charge in [0.15, 0.2) is 11.5 Å². The highest BCUT2D eigenvalue weighted by Crippen LogP contribution is 2.41. The highest BCUT2D eigenvalue weighted by Gasteiger charge is 2.31. The molecule has 0 saturated carbocycles. The van der Waals surface area contributed by atoms with Crippen LogP contribution in [0.2, 0.25) is 0 Å². The Kier molecular flexibility index (Phi) is 4.85. The number of hydrogen-bond donors (Lipinski definition) is 1. The van der Waals surface area contributed by atoms with E-state index in [1.165, 1.54) is 0 Å². The SMILES string of the molecule is COc1cc(C)c(Br)c(CC(C)(C)C(=O)O)c1OC. The summed E-state index contributed by atoms with van der Waals surface area (Å²) >= 11 is 3.51. The van der Waals surface area contributed by atoms with Crippen LogP contribution in [-0.2, 0) is 11.2 Å². The molecule has 0 aromatic heterocycles. The van der Waals surface area contributed by atoms with E-state index in [2.05, 4.69) is 15.9 Å². The quantitative estimate of drug-likeness (QED) is 0.898. The fraction of sp³-hybridized carbons (Fsp3) is 0.500. The molecule has 1 aromatic carbocycles. The average molecular weight is 331 g/mol. The second kappa shape index (κ2) is 5.82. The van der Waals surface area contributed by atoms with Gasteiger partial charge in [-0.25, -0.2) is 0 Å². The van der Waals surface area contributed by atoms with Crippen LogP contribution in [0.4, 0.5) is 0 Å². The summed E-state index contributed by atoms with van der Waals surface area (Å²) in [6.45, 7) is 5.31. The van der Waals surface area contributed by atoms with E-state index in [9.17, 15) is 9.90 Å². The molecule has 19 heavy (non-hydrogen) atoms. The van der Waals surface area contributed by atoms with Crippen LogP contribution in [0.1, 0.15) is 25.0 Å². The summed E-state index contributed by atoms with van der Waals surface area (Å²) < 4.78 is 11.5. The standard InChI is InChI=1S/C14H19BrO4/c1-8-6-10(18-4)12(19-5)9(11(8)15)7-14(2,3)13(16)17/h6H,7H2,1-5H3,(H,16,17). The van der Waals surface area contributed by atoms with E-state index in [-0.39, 0.29) is 0 Å². The lowest BCUT2D eigenvalue weighted by atomic mass is 9.85. The molecule has 0 bridgehead atoms. The van der Waals surface area contributed by atoms with E-state index in [1.54, 1.807) is 28.1 Å². The van der Waals surface area contributed by atoms with Crippen molar-refractivity contribution in [2.75, 3.05) is 14.2 Å². The van der Waals surface area contributed by atoms with Gasteiger partial charge in [-0.3, -0.25) is 4.79 Å². The van der Waals surface area contributed by atoms with Gasteiger partial charge in [-0.05, 0) is 38.8 Å². The lowest BCUT2D eigenvalue weighted by molar-refractivity contribution is -0.146. The number of methoxy groups -OCH3 is 2. The van der Waals surface area contributed by atoms with Crippen LogP contribution in [-0.4, -0.2) is 25.3 Å². The van der Waals surface area contributed by atoms with Crippen molar-refractivity contribution in [1.29, 1.82) is 0 Å². The van der Waals surface area contributed by atoms with Crippen LogP contribution < -0.4 is 9.47 Å². The van der Waals surface area contributed by atoms with E-state index >= 15 is 0 Å². The first kappa shape index (κ1) is 15.8. The first-order valence-corrected chi connectivity index (χ1v) is 6.67. The molecule has 0 fully saturated rings. The predicted molar refractivity (Wildman–Crippen MR) is 77.1 cm³/mol. The second-order valence-corrected chi connectivity index (χ2v) is 5.88. The molecule has 4 nitrogen and oxygen atoms in total. The zero-order valence-corrected chi connectivity index (χ0v) is 13.4. The summed E-state index contributed by atoms with van der Waals surface area (Å²) in [6.07, 6.45) is 0.351. The van der Waals surface area contributed by atoms with Crippen molar-refractivity contribution in [3.05, 3.63) is 21.7 Å². The van der Waals surface area contributed by atoms with E-state index < -0.39 is 11.4 Å². The molecule has 1 rings (SSSR count). The lowest BCUT2D eigenvalue weighted by Gasteiger charge is -2.23. The number of carbonyl (C=O) groups is 1. The summed E-state index contributed by atoms with van der Waals surface area (Å²) in [5.41, 5.74) is 0.912. The maximum absolute atomic E-state index is 11.3. The van der Waals surface area contributed by atoms with Crippen molar-refractivity contribution in [2.24, 2.45) is 5.41 Å². The normalized spacial score (nSPS) is 11.3. The van der Waals surface area contributed by atoms with Crippen LogP contribution >= 0.6 is 15.9 Å². The Balaban J connectivity index is 3.40. The van der Waals surface area contributed by atoms with Gasteiger partial charge in [-0.2, -0.15) is 0 Å². The maximum Gasteiger partial charge on any atom is 0.309 e. The minimum Gasteiger partial charge on any atom is -0.493 e. The van der Waals surface area contributed by atoms with Crippen molar-refractivity contribution in [1.82, 2.24) is 0 Å². The molecule has 0 aliphatic carbocycles. The van der Waals surface area contributed by atoms with Gasteiger partial charge >= 0.3 is 5.97 Å². The molecule has 0 unspecified atom stereocenters. The van der Waals surface area contributed by atoms with Gasteiger partial charge < -0.3 is 14.6 Å². The monoisotopic (exact) mass is 330 g/mol. The second-order valence-electron chi connectivity index (χ2n) is 5.09. The molecule has 0 saturated heterocycles. The zero-order chi connectivity index (χ0) is 14.8. The summed E-state index contributed by atoms with van der Waals surface area (Å²) in [7, 11) is 3.12. The Morgan fingerprint density at radius 1 is 1.37 bits per heavy atom. The minimum absolute atomic E-state index is 0.351. The Morgan fingerprint density at radius 3 is 2.37 bits per heavy atom. The highest BCUT2D eigenvalue weighted by atomic mass is 79.9. The van der Waals surface area contributed by atoms with Crippen molar-refractivity contribution in [3.8, 4) is 11.5 Å². The topological polar surface area (TPSA) is 55.8 Å². The van der Waals surface area contributed by atoms with Crippen LogP contribution in [0.5, 0.6) is 11.5 Å². The molecule has 1 N–H and O–H groups in total. The molecule has 0 amide bonds. The zero-order valence-electron chi connectivity index (χ0n) is 11.8. The molecule has 0 aliphatic heterocycles. The number of hydrogen-bond acceptors (Lipinski definition) is 3. The molecule has 0 spiro atoms. The van der Waals surface area contributed by atoms with Crippen LogP contribution in [0.15, 0.2) is 10.5 Å². The number of aryl methyl sites for hydroxylation is 1. The van der Waals surface area contributed by atoms with E-state index in [1.807, 2.05) is 13.0 Å². The van der Waals surface area contributed by atoms with Gasteiger partial charge in [0.1, 0.15) is 0 Å². The third-order valence-corrected chi connectivity index (χ3v) is 4.18. The number of aliphatic carboxylic acids is 1. The van der Waals surface area contributed by atoms with E-state index in [0.717, 1.165) is 15.6 Å². The number of ether oxygens (including phenoxy) is 2. The third kappa shape index (κ3) is 3.21. The van der Waals surface area contributed by atoms with Gasteiger partial charge in [-0.1, -0.05) is 15.9 Å². The molecule has 0 heterocycles. The Labute approximate surface area is 121 Å². The van der Waals surface area contributed by atoms with Crippen molar-refractivity contribution in [2.45, 2.75) is 27.2 Å².